The normalized spacial score (nSPS) is 22.0. The summed E-state index contributed by atoms with van der Waals surface area (Å²) in [5, 5.41) is 3.78. The van der Waals surface area contributed by atoms with Crippen molar-refractivity contribution in [2.24, 2.45) is 0 Å². The third kappa shape index (κ3) is 4.92. The minimum absolute atomic E-state index is 0.0522. The van der Waals surface area contributed by atoms with E-state index in [-0.39, 0.29) is 36.0 Å². The largest absolute Gasteiger partial charge is 0.495 e. The second-order valence-electron chi connectivity index (χ2n) is 7.80. The molecular weight excluding hydrogens is 400 g/mol. The molecule has 0 spiro atoms. The summed E-state index contributed by atoms with van der Waals surface area (Å²) < 4.78 is 29.4. The number of halogens is 1. The summed E-state index contributed by atoms with van der Waals surface area (Å²) in [6, 6.07) is 3.51. The number of sulfone groups is 1. The zero-order valence-electron chi connectivity index (χ0n) is 16.5. The maximum Gasteiger partial charge on any atom is 0.242 e. The number of carbonyl (C=O) groups excluding carboxylic acids is 1. The first-order valence-corrected chi connectivity index (χ1v) is 12.1. The number of benzene rings is 1. The van der Waals surface area contributed by atoms with Crippen molar-refractivity contribution in [2.75, 3.05) is 30.5 Å². The van der Waals surface area contributed by atoms with Crippen molar-refractivity contribution < 1.29 is 17.9 Å². The van der Waals surface area contributed by atoms with Crippen LogP contribution >= 0.6 is 11.6 Å². The molecular formula is C20H29ClN2O4S. The van der Waals surface area contributed by atoms with Crippen LogP contribution in [0.15, 0.2) is 12.1 Å². The number of nitrogens with zero attached hydrogens (tertiary/aromatic N) is 1. The Bertz CT molecular complexity index is 822. The molecule has 1 saturated heterocycles. The lowest BCUT2D eigenvalue weighted by atomic mass is 9.93. The van der Waals surface area contributed by atoms with Crippen LogP contribution in [0.2, 0.25) is 5.02 Å². The molecule has 1 aromatic carbocycles. The summed E-state index contributed by atoms with van der Waals surface area (Å²) in [6.45, 7) is 2.00. The minimum Gasteiger partial charge on any atom is -0.495 e. The standard InChI is InChI=1S/C20H29ClN2O4S/c1-14-10-18(19(27-2)11-17(14)21)22-12-20(24)23(15-6-4-3-5-7-15)16-8-9-28(25,26)13-16/h10-11,15-16,22H,3-9,12-13H2,1-2H3/t16-/m0/s1. The SMILES string of the molecule is COc1cc(Cl)c(C)cc1NCC(=O)N(C1CCCCC1)[C@H]1CCS(=O)(=O)C1. The van der Waals surface area contributed by atoms with Gasteiger partial charge in [-0.2, -0.15) is 0 Å². The van der Waals surface area contributed by atoms with Crippen LogP contribution in [0.4, 0.5) is 5.69 Å². The molecule has 3 rings (SSSR count). The first-order chi connectivity index (χ1) is 13.3. The summed E-state index contributed by atoms with van der Waals surface area (Å²) in [5.41, 5.74) is 1.60. The minimum atomic E-state index is -3.05. The first-order valence-electron chi connectivity index (χ1n) is 9.90. The van der Waals surface area contributed by atoms with E-state index < -0.39 is 9.84 Å². The number of anilines is 1. The topological polar surface area (TPSA) is 75.7 Å². The van der Waals surface area contributed by atoms with Gasteiger partial charge in [0.25, 0.3) is 0 Å². The molecule has 6 nitrogen and oxygen atoms in total. The molecule has 0 aromatic heterocycles. The van der Waals surface area contributed by atoms with Gasteiger partial charge in [-0.1, -0.05) is 30.9 Å². The van der Waals surface area contributed by atoms with Crippen LogP contribution in [0.25, 0.3) is 0 Å². The number of hydrogen-bond acceptors (Lipinski definition) is 5. The summed E-state index contributed by atoms with van der Waals surface area (Å²) in [6.07, 6.45) is 5.80. The molecule has 1 aliphatic carbocycles. The van der Waals surface area contributed by atoms with Gasteiger partial charge in [-0.15, -0.1) is 0 Å². The van der Waals surface area contributed by atoms with Crippen LogP contribution in [-0.2, 0) is 14.6 Å². The first kappa shape index (κ1) is 21.2. The molecule has 1 aromatic rings. The van der Waals surface area contributed by atoms with E-state index in [0.29, 0.717) is 22.9 Å². The fraction of sp³-hybridized carbons (Fsp3) is 0.650. The van der Waals surface area contributed by atoms with E-state index in [2.05, 4.69) is 5.32 Å². The highest BCUT2D eigenvalue weighted by Gasteiger charge is 2.38. The summed E-state index contributed by atoms with van der Waals surface area (Å²) in [5.74, 6) is 0.782. The number of methoxy groups -OCH3 is 1. The van der Waals surface area contributed by atoms with E-state index in [9.17, 15) is 13.2 Å². The van der Waals surface area contributed by atoms with Gasteiger partial charge >= 0.3 is 0 Å². The Balaban J connectivity index is 1.75. The Morgan fingerprint density at radius 3 is 2.54 bits per heavy atom. The molecule has 8 heteroatoms. The van der Waals surface area contributed by atoms with Gasteiger partial charge in [0.2, 0.25) is 5.91 Å². The Morgan fingerprint density at radius 2 is 1.93 bits per heavy atom. The van der Waals surface area contributed by atoms with Crippen LogP contribution in [-0.4, -0.2) is 56.5 Å². The fourth-order valence-corrected chi connectivity index (χ4v) is 6.16. The molecule has 1 N–H and O–H groups in total. The maximum absolute atomic E-state index is 13.2. The second-order valence-corrected chi connectivity index (χ2v) is 10.4. The van der Waals surface area contributed by atoms with Crippen molar-refractivity contribution in [3.63, 3.8) is 0 Å². The number of aryl methyl sites for hydroxylation is 1. The third-order valence-electron chi connectivity index (χ3n) is 5.77. The molecule has 0 bridgehead atoms. The molecule has 1 amide bonds. The van der Waals surface area contributed by atoms with E-state index in [4.69, 9.17) is 16.3 Å². The van der Waals surface area contributed by atoms with Gasteiger partial charge in [-0.25, -0.2) is 8.42 Å². The number of amides is 1. The van der Waals surface area contributed by atoms with E-state index in [0.717, 1.165) is 31.2 Å². The van der Waals surface area contributed by atoms with Crippen LogP contribution < -0.4 is 10.1 Å². The van der Waals surface area contributed by atoms with Crippen LogP contribution in [0.3, 0.4) is 0 Å². The summed E-state index contributed by atoms with van der Waals surface area (Å²) in [4.78, 5) is 15.0. The van der Waals surface area contributed by atoms with E-state index in [1.165, 1.54) is 6.42 Å². The van der Waals surface area contributed by atoms with E-state index in [1.54, 1.807) is 13.2 Å². The van der Waals surface area contributed by atoms with Gasteiger partial charge in [0, 0.05) is 23.2 Å². The highest BCUT2D eigenvalue weighted by molar-refractivity contribution is 7.91. The van der Waals surface area contributed by atoms with Crippen molar-refractivity contribution in [1.82, 2.24) is 4.90 Å². The third-order valence-corrected chi connectivity index (χ3v) is 7.93. The molecule has 1 heterocycles. The van der Waals surface area contributed by atoms with Gasteiger partial charge in [0.15, 0.2) is 9.84 Å². The second kappa shape index (κ2) is 8.91. The molecule has 156 valence electrons. The van der Waals surface area contributed by atoms with Crippen molar-refractivity contribution >= 4 is 33.0 Å². The molecule has 0 unspecified atom stereocenters. The molecule has 28 heavy (non-hydrogen) atoms. The van der Waals surface area contributed by atoms with Crippen LogP contribution in [0.1, 0.15) is 44.1 Å². The van der Waals surface area contributed by atoms with Gasteiger partial charge < -0.3 is 15.0 Å². The van der Waals surface area contributed by atoms with Crippen molar-refractivity contribution in [3.8, 4) is 5.75 Å². The average molecular weight is 429 g/mol. The summed E-state index contributed by atoms with van der Waals surface area (Å²) >= 11 is 6.15. The molecule has 1 aliphatic heterocycles. The molecule has 1 saturated carbocycles. The lowest BCUT2D eigenvalue weighted by Crippen LogP contribution is -2.50. The van der Waals surface area contributed by atoms with Crippen molar-refractivity contribution in [3.05, 3.63) is 22.7 Å². The maximum atomic E-state index is 13.2. The molecule has 1 atom stereocenters. The van der Waals surface area contributed by atoms with Crippen LogP contribution in [0.5, 0.6) is 5.75 Å². The molecule has 0 radical (unpaired) electrons. The monoisotopic (exact) mass is 428 g/mol. The van der Waals surface area contributed by atoms with Gasteiger partial charge in [0.1, 0.15) is 5.75 Å². The predicted octanol–water partition coefficient (Wildman–Crippen LogP) is 3.42. The Hall–Kier alpha value is -1.47. The van der Waals surface area contributed by atoms with Crippen molar-refractivity contribution in [2.45, 2.75) is 57.5 Å². The lowest BCUT2D eigenvalue weighted by Gasteiger charge is -2.38. The Kier molecular flexibility index (Phi) is 6.76. The van der Waals surface area contributed by atoms with Gasteiger partial charge in [-0.3, -0.25) is 4.79 Å². The highest BCUT2D eigenvalue weighted by atomic mass is 35.5. The van der Waals surface area contributed by atoms with E-state index in [1.807, 2.05) is 17.9 Å². The predicted molar refractivity (Wildman–Crippen MR) is 112 cm³/mol. The molecule has 2 aliphatic rings. The lowest BCUT2D eigenvalue weighted by molar-refractivity contribution is -0.134. The summed E-state index contributed by atoms with van der Waals surface area (Å²) in [7, 11) is -1.49. The number of nitrogens with one attached hydrogen (secondary N) is 1. The van der Waals surface area contributed by atoms with E-state index >= 15 is 0 Å². The molecule has 2 fully saturated rings. The quantitative estimate of drug-likeness (QED) is 0.751. The van der Waals surface area contributed by atoms with Gasteiger partial charge in [0.05, 0.1) is 30.8 Å². The number of carbonyl (C=O) groups is 1. The smallest absolute Gasteiger partial charge is 0.242 e. The number of rotatable bonds is 6. The average Bonchev–Trinajstić information content (AvgIpc) is 3.02. The van der Waals surface area contributed by atoms with Crippen molar-refractivity contribution in [1.29, 1.82) is 0 Å². The number of ether oxygens (including phenoxy) is 1. The zero-order chi connectivity index (χ0) is 20.3. The zero-order valence-corrected chi connectivity index (χ0v) is 18.1. The Labute approximate surface area is 172 Å². The van der Waals surface area contributed by atoms with Gasteiger partial charge in [-0.05, 0) is 37.8 Å². The fourth-order valence-electron chi connectivity index (χ4n) is 4.29. The highest BCUT2D eigenvalue weighted by Crippen LogP contribution is 2.32. The number of hydrogen-bond donors (Lipinski definition) is 1. The Morgan fingerprint density at radius 1 is 1.21 bits per heavy atom. The van der Waals surface area contributed by atoms with Crippen LogP contribution in [0, 0.1) is 6.92 Å².